The van der Waals surface area contributed by atoms with Gasteiger partial charge in [-0.15, -0.1) is 0 Å². The second-order valence-corrected chi connectivity index (χ2v) is 3.67. The molecule has 0 aromatic heterocycles. The number of allylic oxidation sites excluding steroid dienone is 4. The summed E-state index contributed by atoms with van der Waals surface area (Å²) in [5, 5.41) is 0. The maximum Gasteiger partial charge on any atom is -0.0316 e. The third-order valence-electron chi connectivity index (χ3n) is 2.40. The Bertz CT molecular complexity index is 135. The van der Waals surface area contributed by atoms with Crippen LogP contribution in [0.4, 0.5) is 0 Å². The van der Waals surface area contributed by atoms with Gasteiger partial charge in [0.05, 0.1) is 0 Å². The summed E-state index contributed by atoms with van der Waals surface area (Å²) in [7, 11) is 0. The maximum atomic E-state index is 2.44. The Balaban J connectivity index is 2.18. The van der Waals surface area contributed by atoms with Crippen LogP contribution >= 0.6 is 0 Å². The number of hydrogen-bond acceptors (Lipinski definition) is 0. The van der Waals surface area contributed by atoms with E-state index in [1.54, 1.807) is 0 Å². The van der Waals surface area contributed by atoms with Crippen molar-refractivity contribution in [2.45, 2.75) is 51.4 Å². The summed E-state index contributed by atoms with van der Waals surface area (Å²) in [5.74, 6) is 0. The SMILES string of the molecule is [CH]1CC/C=C/CC/C=C/CCCC1. The maximum absolute atomic E-state index is 2.44. The van der Waals surface area contributed by atoms with Gasteiger partial charge in [-0.1, -0.05) is 37.1 Å². The standard InChI is InChI=1S/C13H21/c1-2-4-6-8-10-12-13-11-9-7-5-3-1/h1-2,7-9H,3-6,10-13H2/b2-1+,9-7+. The molecule has 0 unspecified atom stereocenters. The lowest BCUT2D eigenvalue weighted by molar-refractivity contribution is 0.715. The molecule has 0 saturated heterocycles. The fourth-order valence-corrected chi connectivity index (χ4v) is 1.57. The van der Waals surface area contributed by atoms with Crippen LogP contribution in [0.25, 0.3) is 0 Å². The van der Waals surface area contributed by atoms with E-state index in [-0.39, 0.29) is 0 Å². The van der Waals surface area contributed by atoms with Crippen LogP contribution in [0.2, 0.25) is 0 Å². The Hall–Kier alpha value is -0.520. The Morgan fingerprint density at radius 1 is 0.462 bits per heavy atom. The van der Waals surface area contributed by atoms with E-state index in [1.165, 1.54) is 51.4 Å². The molecule has 0 heterocycles. The summed E-state index contributed by atoms with van der Waals surface area (Å²) in [6.07, 6.45) is 22.0. The summed E-state index contributed by atoms with van der Waals surface area (Å²) in [5.41, 5.74) is 0. The predicted octanol–water partition coefficient (Wildman–Crippen LogP) is 4.44. The van der Waals surface area contributed by atoms with Crippen LogP contribution in [-0.4, -0.2) is 0 Å². The van der Waals surface area contributed by atoms with Crippen molar-refractivity contribution in [2.75, 3.05) is 0 Å². The van der Waals surface area contributed by atoms with Crippen molar-refractivity contribution in [3.8, 4) is 0 Å². The first kappa shape index (κ1) is 10.6. The highest BCUT2D eigenvalue weighted by atomic mass is 14.0. The van der Waals surface area contributed by atoms with Crippen molar-refractivity contribution in [1.82, 2.24) is 0 Å². The Labute approximate surface area is 82.7 Å². The molecule has 0 aliphatic heterocycles. The molecule has 0 saturated carbocycles. The van der Waals surface area contributed by atoms with Gasteiger partial charge in [0.25, 0.3) is 0 Å². The van der Waals surface area contributed by atoms with E-state index < -0.39 is 0 Å². The molecular weight excluding hydrogens is 156 g/mol. The Morgan fingerprint density at radius 3 is 1.77 bits per heavy atom. The van der Waals surface area contributed by atoms with Crippen molar-refractivity contribution in [1.29, 1.82) is 0 Å². The van der Waals surface area contributed by atoms with Gasteiger partial charge in [0.2, 0.25) is 0 Å². The highest BCUT2D eigenvalue weighted by Gasteiger charge is 1.90. The summed E-state index contributed by atoms with van der Waals surface area (Å²) in [6.45, 7) is 0. The molecule has 1 rings (SSSR count). The van der Waals surface area contributed by atoms with Crippen LogP contribution in [0.3, 0.4) is 0 Å². The fraction of sp³-hybridized carbons (Fsp3) is 0.615. The van der Waals surface area contributed by atoms with Crippen molar-refractivity contribution < 1.29 is 0 Å². The topological polar surface area (TPSA) is 0 Å². The minimum atomic E-state index is 1.22. The van der Waals surface area contributed by atoms with Crippen LogP contribution in [-0.2, 0) is 0 Å². The van der Waals surface area contributed by atoms with Crippen LogP contribution in [0.5, 0.6) is 0 Å². The molecule has 13 heavy (non-hydrogen) atoms. The molecule has 0 amide bonds. The van der Waals surface area contributed by atoms with Gasteiger partial charge in [-0.25, -0.2) is 0 Å². The van der Waals surface area contributed by atoms with E-state index in [0.29, 0.717) is 0 Å². The van der Waals surface area contributed by atoms with E-state index in [9.17, 15) is 0 Å². The molecule has 0 heteroatoms. The monoisotopic (exact) mass is 177 g/mol. The van der Waals surface area contributed by atoms with Crippen molar-refractivity contribution in [2.24, 2.45) is 0 Å². The molecule has 0 nitrogen and oxygen atoms in total. The Kier molecular flexibility index (Phi) is 6.58. The number of rotatable bonds is 0. The van der Waals surface area contributed by atoms with Crippen LogP contribution in [0.15, 0.2) is 24.3 Å². The highest BCUT2D eigenvalue weighted by molar-refractivity contribution is 4.89. The first-order valence-corrected chi connectivity index (χ1v) is 5.62. The number of hydrogen-bond donors (Lipinski definition) is 0. The zero-order valence-electron chi connectivity index (χ0n) is 8.54. The first-order valence-electron chi connectivity index (χ1n) is 5.62. The second-order valence-electron chi connectivity index (χ2n) is 3.67. The zero-order valence-corrected chi connectivity index (χ0v) is 8.54. The minimum absolute atomic E-state index is 1.22. The second kappa shape index (κ2) is 8.10. The summed E-state index contributed by atoms with van der Waals surface area (Å²) >= 11 is 0. The van der Waals surface area contributed by atoms with E-state index in [0.717, 1.165) is 0 Å². The van der Waals surface area contributed by atoms with Gasteiger partial charge < -0.3 is 0 Å². The lowest BCUT2D eigenvalue weighted by atomic mass is 10.1. The molecule has 0 aromatic rings. The zero-order chi connectivity index (χ0) is 9.19. The summed E-state index contributed by atoms with van der Waals surface area (Å²) in [4.78, 5) is 0. The van der Waals surface area contributed by atoms with E-state index in [1.807, 2.05) is 0 Å². The van der Waals surface area contributed by atoms with Crippen molar-refractivity contribution in [3.05, 3.63) is 30.7 Å². The molecule has 1 aliphatic carbocycles. The van der Waals surface area contributed by atoms with Gasteiger partial charge in [0, 0.05) is 0 Å². The molecule has 0 spiro atoms. The lowest BCUT2D eigenvalue weighted by Crippen LogP contribution is -1.78. The van der Waals surface area contributed by atoms with Crippen molar-refractivity contribution >= 4 is 0 Å². The molecule has 73 valence electrons. The van der Waals surface area contributed by atoms with Gasteiger partial charge >= 0.3 is 0 Å². The predicted molar refractivity (Wildman–Crippen MR) is 59.5 cm³/mol. The molecule has 0 N–H and O–H groups in total. The largest absolute Gasteiger partial charge is 0.0885 e. The van der Waals surface area contributed by atoms with Gasteiger partial charge in [-0.2, -0.15) is 0 Å². The molecule has 0 atom stereocenters. The summed E-state index contributed by atoms with van der Waals surface area (Å²) < 4.78 is 0. The van der Waals surface area contributed by atoms with Gasteiger partial charge in [-0.05, 0) is 44.9 Å². The molecule has 0 bridgehead atoms. The van der Waals surface area contributed by atoms with Crippen LogP contribution < -0.4 is 0 Å². The highest BCUT2D eigenvalue weighted by Crippen LogP contribution is 2.08. The molecule has 1 radical (unpaired) electrons. The Morgan fingerprint density at radius 2 is 1.00 bits per heavy atom. The average Bonchev–Trinajstić information content (AvgIpc) is 2.18. The molecule has 1 aliphatic rings. The van der Waals surface area contributed by atoms with Gasteiger partial charge in [-0.3, -0.25) is 0 Å². The van der Waals surface area contributed by atoms with E-state index in [2.05, 4.69) is 30.7 Å². The first-order chi connectivity index (χ1) is 6.50. The van der Waals surface area contributed by atoms with Crippen molar-refractivity contribution in [3.63, 3.8) is 0 Å². The van der Waals surface area contributed by atoms with E-state index in [4.69, 9.17) is 0 Å². The molecular formula is C13H21. The third kappa shape index (κ3) is 6.62. The minimum Gasteiger partial charge on any atom is -0.0885 e. The van der Waals surface area contributed by atoms with Gasteiger partial charge in [0.15, 0.2) is 0 Å². The molecule has 0 aromatic carbocycles. The van der Waals surface area contributed by atoms with Crippen LogP contribution in [0, 0.1) is 6.42 Å². The normalized spacial score (nSPS) is 26.5. The lowest BCUT2D eigenvalue weighted by Gasteiger charge is -1.97. The molecule has 0 fully saturated rings. The van der Waals surface area contributed by atoms with E-state index >= 15 is 0 Å². The smallest absolute Gasteiger partial charge is 0.0316 e. The third-order valence-corrected chi connectivity index (χ3v) is 2.40. The average molecular weight is 177 g/mol. The van der Waals surface area contributed by atoms with Gasteiger partial charge in [0.1, 0.15) is 0 Å². The summed E-state index contributed by atoms with van der Waals surface area (Å²) in [6, 6.07) is 0. The fourth-order valence-electron chi connectivity index (χ4n) is 1.57. The quantitative estimate of drug-likeness (QED) is 0.480. The van der Waals surface area contributed by atoms with Crippen LogP contribution in [0.1, 0.15) is 51.4 Å².